The zero-order chi connectivity index (χ0) is 22.4. The van der Waals surface area contributed by atoms with Crippen molar-refractivity contribution in [2.75, 3.05) is 10.8 Å². The zero-order valence-electron chi connectivity index (χ0n) is 17.1. The molecule has 3 aromatic carbocycles. The Labute approximate surface area is 187 Å². The maximum absolute atomic E-state index is 13.4. The van der Waals surface area contributed by atoms with E-state index < -0.39 is 22.5 Å². The van der Waals surface area contributed by atoms with Crippen molar-refractivity contribution in [3.8, 4) is 0 Å². The molecule has 0 bridgehead atoms. The van der Waals surface area contributed by atoms with Gasteiger partial charge in [-0.15, -0.1) is 0 Å². The van der Waals surface area contributed by atoms with E-state index in [0.717, 1.165) is 15.4 Å². The van der Waals surface area contributed by atoms with Crippen LogP contribution in [0, 0.1) is 13.8 Å². The molecule has 6 nitrogen and oxygen atoms in total. The minimum Gasteiger partial charge on any atom is -0.271 e. The highest BCUT2D eigenvalue weighted by Crippen LogP contribution is 2.27. The third kappa shape index (κ3) is 5.51. The number of benzene rings is 3. The van der Waals surface area contributed by atoms with Crippen LogP contribution in [0.5, 0.6) is 0 Å². The molecule has 1 N–H and O–H groups in total. The highest BCUT2D eigenvalue weighted by atomic mass is 35.5. The predicted octanol–water partition coefficient (Wildman–Crippen LogP) is 4.30. The first-order valence-corrected chi connectivity index (χ1v) is 11.3. The molecule has 0 aliphatic rings. The number of aryl methyl sites for hydroxylation is 2. The van der Waals surface area contributed by atoms with Crippen molar-refractivity contribution in [3.05, 3.63) is 94.5 Å². The lowest BCUT2D eigenvalue weighted by atomic mass is 10.1. The van der Waals surface area contributed by atoms with Gasteiger partial charge < -0.3 is 0 Å². The molecule has 0 saturated carbocycles. The number of carbonyl (C=O) groups is 1. The molecule has 0 saturated heterocycles. The zero-order valence-corrected chi connectivity index (χ0v) is 18.7. The lowest BCUT2D eigenvalue weighted by Crippen LogP contribution is -2.40. The Morgan fingerprint density at radius 1 is 1.03 bits per heavy atom. The topological polar surface area (TPSA) is 78.8 Å². The number of carbonyl (C=O) groups excluding carboxylic acids is 1. The molecule has 8 heteroatoms. The van der Waals surface area contributed by atoms with Gasteiger partial charge in [-0.2, -0.15) is 5.10 Å². The van der Waals surface area contributed by atoms with Crippen LogP contribution in [0.15, 0.2) is 82.8 Å². The predicted molar refractivity (Wildman–Crippen MR) is 124 cm³/mol. The van der Waals surface area contributed by atoms with Crippen molar-refractivity contribution in [2.45, 2.75) is 18.7 Å². The molecular weight excluding hydrogens is 434 g/mol. The summed E-state index contributed by atoms with van der Waals surface area (Å²) in [6.07, 6.45) is 1.41. The molecule has 0 unspecified atom stereocenters. The van der Waals surface area contributed by atoms with Gasteiger partial charge in [-0.25, -0.2) is 13.8 Å². The highest BCUT2D eigenvalue weighted by molar-refractivity contribution is 7.92. The van der Waals surface area contributed by atoms with E-state index in [1.807, 2.05) is 19.1 Å². The Morgan fingerprint density at radius 2 is 1.71 bits per heavy atom. The first kappa shape index (κ1) is 22.5. The van der Waals surface area contributed by atoms with Crippen molar-refractivity contribution < 1.29 is 13.2 Å². The lowest BCUT2D eigenvalue weighted by Gasteiger charge is -2.25. The summed E-state index contributed by atoms with van der Waals surface area (Å²) in [5.41, 5.74) is 5.07. The molecule has 0 heterocycles. The summed E-state index contributed by atoms with van der Waals surface area (Å²) in [4.78, 5) is 12.7. The van der Waals surface area contributed by atoms with Crippen LogP contribution < -0.4 is 9.73 Å². The van der Waals surface area contributed by atoms with Gasteiger partial charge in [0.25, 0.3) is 15.9 Å². The summed E-state index contributed by atoms with van der Waals surface area (Å²) in [5, 5.41) is 4.40. The molecule has 0 spiro atoms. The molecule has 31 heavy (non-hydrogen) atoms. The molecule has 1 amide bonds. The Morgan fingerprint density at radius 3 is 2.42 bits per heavy atom. The summed E-state index contributed by atoms with van der Waals surface area (Å²) in [6, 6.07) is 20.5. The van der Waals surface area contributed by atoms with Gasteiger partial charge in [0.15, 0.2) is 0 Å². The third-order valence-electron chi connectivity index (χ3n) is 4.55. The number of halogens is 1. The minimum absolute atomic E-state index is 0.100. The average molecular weight is 456 g/mol. The van der Waals surface area contributed by atoms with E-state index in [2.05, 4.69) is 10.5 Å². The van der Waals surface area contributed by atoms with Crippen molar-refractivity contribution in [1.29, 1.82) is 0 Å². The number of hydrogen-bond acceptors (Lipinski definition) is 4. The fraction of sp³-hybridized carbons (Fsp3) is 0.130. The number of hydrogen-bond donors (Lipinski definition) is 1. The van der Waals surface area contributed by atoms with E-state index in [-0.39, 0.29) is 4.90 Å². The summed E-state index contributed by atoms with van der Waals surface area (Å²) in [5.74, 6) is -0.580. The van der Waals surface area contributed by atoms with Crippen LogP contribution in [-0.4, -0.2) is 27.1 Å². The van der Waals surface area contributed by atoms with Crippen LogP contribution >= 0.6 is 11.6 Å². The number of sulfonamides is 1. The second kappa shape index (κ2) is 9.76. The Hall–Kier alpha value is -3.16. The van der Waals surface area contributed by atoms with Crippen molar-refractivity contribution >= 4 is 39.4 Å². The fourth-order valence-corrected chi connectivity index (χ4v) is 4.61. The molecule has 0 aliphatic heterocycles. The van der Waals surface area contributed by atoms with Gasteiger partial charge in [-0.3, -0.25) is 9.10 Å². The Bertz CT molecular complexity index is 1210. The highest BCUT2D eigenvalue weighted by Gasteiger charge is 2.28. The first-order valence-electron chi connectivity index (χ1n) is 9.50. The maximum atomic E-state index is 13.4. The van der Waals surface area contributed by atoms with Gasteiger partial charge in [-0.1, -0.05) is 60.1 Å². The summed E-state index contributed by atoms with van der Waals surface area (Å²) < 4.78 is 27.8. The smallest absolute Gasteiger partial charge is 0.264 e. The van der Waals surface area contributed by atoms with Gasteiger partial charge in [0.05, 0.1) is 16.8 Å². The van der Waals surface area contributed by atoms with E-state index in [1.54, 1.807) is 55.5 Å². The third-order valence-corrected chi connectivity index (χ3v) is 6.67. The van der Waals surface area contributed by atoms with Gasteiger partial charge in [0.2, 0.25) is 0 Å². The van der Waals surface area contributed by atoms with Crippen molar-refractivity contribution in [2.24, 2.45) is 5.10 Å². The summed E-state index contributed by atoms with van der Waals surface area (Å²) >= 11 is 6.07. The van der Waals surface area contributed by atoms with Crippen LogP contribution in [0.4, 0.5) is 5.69 Å². The fourth-order valence-electron chi connectivity index (χ4n) is 2.93. The monoisotopic (exact) mass is 455 g/mol. The number of nitrogens with one attached hydrogen (secondary N) is 1. The molecule has 0 aliphatic carbocycles. The van der Waals surface area contributed by atoms with Gasteiger partial charge in [-0.05, 0) is 49.2 Å². The van der Waals surface area contributed by atoms with E-state index >= 15 is 0 Å². The number of amides is 1. The molecular formula is C23H22ClN3O3S. The summed E-state index contributed by atoms with van der Waals surface area (Å²) in [6.45, 7) is 3.24. The van der Waals surface area contributed by atoms with Gasteiger partial charge in [0, 0.05) is 10.6 Å². The molecule has 3 aromatic rings. The number of nitrogens with zero attached hydrogens (tertiary/aromatic N) is 2. The number of anilines is 1. The molecule has 160 valence electrons. The standard InChI is InChI=1S/C23H22ClN3O3S/c1-17-12-13-18(2)22(14-17)27(31(29,30)20-9-4-3-5-10-20)16-23(28)26-25-15-19-8-6-7-11-21(19)24/h3-15H,16H2,1-2H3,(H,26,28)/b25-15-. The van der Waals surface area contributed by atoms with Crippen LogP contribution in [0.1, 0.15) is 16.7 Å². The van der Waals surface area contributed by atoms with Crippen molar-refractivity contribution in [3.63, 3.8) is 0 Å². The van der Waals surface area contributed by atoms with Crippen LogP contribution in [0.25, 0.3) is 0 Å². The molecule has 0 aromatic heterocycles. The van der Waals surface area contributed by atoms with Gasteiger partial charge >= 0.3 is 0 Å². The molecule has 0 fully saturated rings. The van der Waals surface area contributed by atoms with E-state index in [4.69, 9.17) is 11.6 Å². The molecule has 0 atom stereocenters. The second-order valence-electron chi connectivity index (χ2n) is 6.93. The molecule has 0 radical (unpaired) electrons. The normalized spacial score (nSPS) is 11.5. The SMILES string of the molecule is Cc1ccc(C)c(N(CC(=O)N/N=C\c2ccccc2Cl)S(=O)(=O)c2ccccc2)c1. The van der Waals surface area contributed by atoms with Gasteiger partial charge in [0.1, 0.15) is 6.54 Å². The number of hydrazone groups is 1. The summed E-state index contributed by atoms with van der Waals surface area (Å²) in [7, 11) is -3.97. The second-order valence-corrected chi connectivity index (χ2v) is 9.20. The van der Waals surface area contributed by atoms with E-state index in [0.29, 0.717) is 16.3 Å². The average Bonchev–Trinajstić information content (AvgIpc) is 2.76. The number of rotatable bonds is 7. The van der Waals surface area contributed by atoms with E-state index in [9.17, 15) is 13.2 Å². The molecule has 3 rings (SSSR count). The Kier molecular flexibility index (Phi) is 7.09. The van der Waals surface area contributed by atoms with Crippen LogP contribution in [-0.2, 0) is 14.8 Å². The first-order chi connectivity index (χ1) is 14.8. The lowest BCUT2D eigenvalue weighted by molar-refractivity contribution is -0.119. The van der Waals surface area contributed by atoms with Crippen LogP contribution in [0.2, 0.25) is 5.02 Å². The van der Waals surface area contributed by atoms with Crippen molar-refractivity contribution in [1.82, 2.24) is 5.43 Å². The van der Waals surface area contributed by atoms with Crippen LogP contribution in [0.3, 0.4) is 0 Å². The van der Waals surface area contributed by atoms with E-state index in [1.165, 1.54) is 18.3 Å². The minimum atomic E-state index is -3.97. The Balaban J connectivity index is 1.89. The maximum Gasteiger partial charge on any atom is 0.264 e. The quantitative estimate of drug-likeness (QED) is 0.426. The largest absolute Gasteiger partial charge is 0.271 e.